The standard InChI is InChI=1S/C10H10O4/c1-3-13-10(12)7(2)9(11)8-5-4-6-14-8/h3-7H,1H2,2H3. The number of esters is 1. The van der Waals surface area contributed by atoms with E-state index in [1.807, 2.05) is 0 Å². The molecular formula is C10H10O4. The molecule has 1 atom stereocenters. The van der Waals surface area contributed by atoms with Gasteiger partial charge in [-0.3, -0.25) is 9.59 Å². The monoisotopic (exact) mass is 194 g/mol. The van der Waals surface area contributed by atoms with Crippen LogP contribution in [0.5, 0.6) is 0 Å². The fourth-order valence-electron chi connectivity index (χ4n) is 0.923. The number of rotatable bonds is 4. The van der Waals surface area contributed by atoms with Gasteiger partial charge in [0.05, 0.1) is 12.5 Å². The summed E-state index contributed by atoms with van der Waals surface area (Å²) < 4.78 is 9.35. The Kier molecular flexibility index (Phi) is 3.23. The van der Waals surface area contributed by atoms with Crippen molar-refractivity contribution in [2.24, 2.45) is 5.92 Å². The molecule has 0 aliphatic rings. The summed E-state index contributed by atoms with van der Waals surface area (Å²) in [6.07, 6.45) is 2.37. The lowest BCUT2D eigenvalue weighted by molar-refractivity contribution is -0.140. The van der Waals surface area contributed by atoms with Crippen molar-refractivity contribution in [3.05, 3.63) is 37.0 Å². The van der Waals surface area contributed by atoms with Crippen molar-refractivity contribution < 1.29 is 18.7 Å². The van der Waals surface area contributed by atoms with E-state index in [0.29, 0.717) is 0 Å². The quantitative estimate of drug-likeness (QED) is 0.317. The van der Waals surface area contributed by atoms with Gasteiger partial charge in [-0.15, -0.1) is 0 Å². The topological polar surface area (TPSA) is 56.5 Å². The summed E-state index contributed by atoms with van der Waals surface area (Å²) in [5, 5.41) is 0. The van der Waals surface area contributed by atoms with E-state index in [1.54, 1.807) is 6.07 Å². The first-order valence-electron chi connectivity index (χ1n) is 4.06. The molecule has 0 aliphatic heterocycles. The van der Waals surface area contributed by atoms with Crippen molar-refractivity contribution in [2.75, 3.05) is 0 Å². The Bertz CT molecular complexity index is 337. The van der Waals surface area contributed by atoms with E-state index in [1.165, 1.54) is 19.3 Å². The van der Waals surface area contributed by atoms with Crippen LogP contribution in [0.15, 0.2) is 35.7 Å². The van der Waals surface area contributed by atoms with E-state index in [9.17, 15) is 9.59 Å². The lowest BCUT2D eigenvalue weighted by atomic mass is 10.1. The summed E-state index contributed by atoms with van der Waals surface area (Å²) in [7, 11) is 0. The summed E-state index contributed by atoms with van der Waals surface area (Å²) in [6.45, 7) is 4.68. The highest BCUT2D eigenvalue weighted by atomic mass is 16.5. The minimum atomic E-state index is -0.876. The zero-order valence-electron chi connectivity index (χ0n) is 7.73. The third kappa shape index (κ3) is 2.10. The Balaban J connectivity index is 2.70. The summed E-state index contributed by atoms with van der Waals surface area (Å²) >= 11 is 0. The van der Waals surface area contributed by atoms with Gasteiger partial charge in [-0.05, 0) is 19.1 Å². The number of carbonyl (C=O) groups excluding carboxylic acids is 2. The zero-order valence-corrected chi connectivity index (χ0v) is 7.73. The second kappa shape index (κ2) is 4.41. The van der Waals surface area contributed by atoms with Crippen LogP contribution in [0.1, 0.15) is 17.5 Å². The Labute approximate surface area is 81.2 Å². The van der Waals surface area contributed by atoms with E-state index in [0.717, 1.165) is 6.26 Å². The van der Waals surface area contributed by atoms with Crippen molar-refractivity contribution in [2.45, 2.75) is 6.92 Å². The van der Waals surface area contributed by atoms with Gasteiger partial charge < -0.3 is 9.15 Å². The molecule has 74 valence electrons. The first-order valence-corrected chi connectivity index (χ1v) is 4.06. The van der Waals surface area contributed by atoms with Gasteiger partial charge in [0.25, 0.3) is 0 Å². The highest BCUT2D eigenvalue weighted by Gasteiger charge is 2.25. The molecule has 1 aromatic rings. The molecule has 0 aromatic carbocycles. The minimum absolute atomic E-state index is 0.151. The van der Waals surface area contributed by atoms with Crippen LogP contribution in [0, 0.1) is 5.92 Å². The normalized spacial score (nSPS) is 11.8. The van der Waals surface area contributed by atoms with Crippen LogP contribution in [0.2, 0.25) is 0 Å². The molecule has 14 heavy (non-hydrogen) atoms. The SMILES string of the molecule is C=COC(=O)C(C)C(=O)c1ccco1. The first-order chi connectivity index (χ1) is 6.66. The largest absolute Gasteiger partial charge is 0.461 e. The lowest BCUT2D eigenvalue weighted by Gasteiger charge is -2.05. The number of ketones is 1. The summed E-state index contributed by atoms with van der Waals surface area (Å²) in [5.74, 6) is -1.76. The Morgan fingerprint density at radius 3 is 2.86 bits per heavy atom. The molecule has 0 amide bonds. The van der Waals surface area contributed by atoms with Crippen LogP contribution in [-0.2, 0) is 9.53 Å². The van der Waals surface area contributed by atoms with Gasteiger partial charge in [-0.2, -0.15) is 0 Å². The highest BCUT2D eigenvalue weighted by Crippen LogP contribution is 2.10. The van der Waals surface area contributed by atoms with E-state index >= 15 is 0 Å². The average Bonchev–Trinajstić information content (AvgIpc) is 2.68. The number of furan rings is 1. The zero-order chi connectivity index (χ0) is 10.6. The van der Waals surface area contributed by atoms with Crippen LogP contribution in [0.3, 0.4) is 0 Å². The molecule has 0 spiro atoms. The molecular weight excluding hydrogens is 184 g/mol. The molecule has 1 aromatic heterocycles. The Morgan fingerprint density at radius 2 is 2.36 bits per heavy atom. The average molecular weight is 194 g/mol. The Hall–Kier alpha value is -1.84. The van der Waals surface area contributed by atoms with Crippen LogP contribution >= 0.6 is 0 Å². The summed E-state index contributed by atoms with van der Waals surface area (Å²) in [4.78, 5) is 22.6. The fourth-order valence-corrected chi connectivity index (χ4v) is 0.923. The van der Waals surface area contributed by atoms with Crippen molar-refractivity contribution in [3.63, 3.8) is 0 Å². The number of ether oxygens (including phenoxy) is 1. The molecule has 4 nitrogen and oxygen atoms in total. The van der Waals surface area contributed by atoms with Crippen LogP contribution < -0.4 is 0 Å². The molecule has 0 aliphatic carbocycles. The molecule has 4 heteroatoms. The number of Topliss-reactive ketones (excluding diaryl/α,β-unsaturated/α-hetero) is 1. The number of hydrogen-bond acceptors (Lipinski definition) is 4. The Morgan fingerprint density at radius 1 is 1.64 bits per heavy atom. The maximum absolute atomic E-state index is 11.5. The second-order valence-electron chi connectivity index (χ2n) is 2.67. The van der Waals surface area contributed by atoms with Gasteiger partial charge in [-0.25, -0.2) is 0 Å². The molecule has 0 fully saturated rings. The van der Waals surface area contributed by atoms with E-state index in [-0.39, 0.29) is 5.76 Å². The fraction of sp³-hybridized carbons (Fsp3) is 0.200. The maximum atomic E-state index is 11.5. The van der Waals surface area contributed by atoms with Crippen molar-refractivity contribution in [1.82, 2.24) is 0 Å². The molecule has 1 unspecified atom stereocenters. The predicted molar refractivity (Wildman–Crippen MR) is 48.5 cm³/mol. The maximum Gasteiger partial charge on any atom is 0.321 e. The lowest BCUT2D eigenvalue weighted by Crippen LogP contribution is -2.21. The van der Waals surface area contributed by atoms with Crippen molar-refractivity contribution in [1.29, 1.82) is 0 Å². The minimum Gasteiger partial charge on any atom is -0.461 e. The van der Waals surface area contributed by atoms with Crippen LogP contribution in [0.25, 0.3) is 0 Å². The highest BCUT2D eigenvalue weighted by molar-refractivity contribution is 6.06. The van der Waals surface area contributed by atoms with Crippen LogP contribution in [-0.4, -0.2) is 11.8 Å². The van der Waals surface area contributed by atoms with Gasteiger partial charge in [-0.1, -0.05) is 6.58 Å². The molecule has 0 radical (unpaired) electrons. The van der Waals surface area contributed by atoms with Gasteiger partial charge >= 0.3 is 5.97 Å². The predicted octanol–water partition coefficient (Wildman–Crippen LogP) is 1.79. The van der Waals surface area contributed by atoms with Crippen molar-refractivity contribution >= 4 is 11.8 Å². The molecule has 1 rings (SSSR count). The van der Waals surface area contributed by atoms with Gasteiger partial charge in [0.1, 0.15) is 5.92 Å². The van der Waals surface area contributed by atoms with E-state index in [2.05, 4.69) is 11.3 Å². The second-order valence-corrected chi connectivity index (χ2v) is 2.67. The number of hydrogen-bond donors (Lipinski definition) is 0. The molecule has 1 heterocycles. The van der Waals surface area contributed by atoms with Gasteiger partial charge in [0, 0.05) is 0 Å². The third-order valence-corrected chi connectivity index (χ3v) is 1.71. The van der Waals surface area contributed by atoms with Gasteiger partial charge in [0.15, 0.2) is 5.76 Å². The number of carbonyl (C=O) groups is 2. The summed E-state index contributed by atoms with van der Waals surface area (Å²) in [5.41, 5.74) is 0. The smallest absolute Gasteiger partial charge is 0.321 e. The summed E-state index contributed by atoms with van der Waals surface area (Å²) in [6, 6.07) is 3.08. The third-order valence-electron chi connectivity index (χ3n) is 1.71. The van der Waals surface area contributed by atoms with Crippen molar-refractivity contribution in [3.8, 4) is 0 Å². The molecule has 0 saturated heterocycles. The van der Waals surface area contributed by atoms with Crippen LogP contribution in [0.4, 0.5) is 0 Å². The molecule has 0 bridgehead atoms. The van der Waals surface area contributed by atoms with E-state index < -0.39 is 17.7 Å². The molecule has 0 saturated carbocycles. The van der Waals surface area contributed by atoms with E-state index in [4.69, 9.17) is 4.42 Å². The molecule has 0 N–H and O–H groups in total. The van der Waals surface area contributed by atoms with Gasteiger partial charge in [0.2, 0.25) is 5.78 Å². The first kappa shape index (κ1) is 10.2.